The number of nitrogens with zero attached hydrogens (tertiary/aromatic N) is 1. The van der Waals surface area contributed by atoms with Crippen LogP contribution in [0.25, 0.3) is 10.8 Å². The lowest BCUT2D eigenvalue weighted by Gasteiger charge is -2.32. The third-order valence-electron chi connectivity index (χ3n) is 3.68. The van der Waals surface area contributed by atoms with Gasteiger partial charge in [0.15, 0.2) is 0 Å². The second-order valence-corrected chi connectivity index (χ2v) is 5.13. The number of fused-ring (bicyclic) bond motifs is 1. The summed E-state index contributed by atoms with van der Waals surface area (Å²) in [4.78, 5) is 14.6. The monoisotopic (exact) mass is 254 g/mol. The number of carbonyl (C=O) groups excluding carboxylic acids is 1. The van der Waals surface area contributed by atoms with Gasteiger partial charge in [-0.1, -0.05) is 36.4 Å². The summed E-state index contributed by atoms with van der Waals surface area (Å²) in [5.74, 6) is 0.144. The summed E-state index contributed by atoms with van der Waals surface area (Å²) in [5, 5.41) is 5.53. The van der Waals surface area contributed by atoms with Crippen LogP contribution in [0.1, 0.15) is 17.3 Å². The highest BCUT2D eigenvalue weighted by molar-refractivity contribution is 6.07. The first-order valence-electron chi connectivity index (χ1n) is 6.76. The van der Waals surface area contributed by atoms with Crippen LogP contribution in [0.15, 0.2) is 42.5 Å². The second-order valence-electron chi connectivity index (χ2n) is 5.13. The summed E-state index contributed by atoms with van der Waals surface area (Å²) in [5.41, 5.74) is 0.812. The Morgan fingerprint density at radius 2 is 2.00 bits per heavy atom. The average Bonchev–Trinajstić information content (AvgIpc) is 2.46. The van der Waals surface area contributed by atoms with Crippen molar-refractivity contribution < 1.29 is 4.79 Å². The van der Waals surface area contributed by atoms with Crippen LogP contribution in [0, 0.1) is 0 Å². The lowest BCUT2D eigenvalue weighted by atomic mass is 10.0. The second kappa shape index (κ2) is 5.02. The van der Waals surface area contributed by atoms with Crippen molar-refractivity contribution in [3.05, 3.63) is 48.0 Å². The standard InChI is InChI=1S/C16H18N2O/c1-12-11-18(10-9-17-12)16(19)15-8-4-6-13-5-2-3-7-14(13)15/h2-8,12,17H,9-11H2,1H3. The molecule has 1 amide bonds. The molecule has 3 rings (SSSR count). The van der Waals surface area contributed by atoms with E-state index in [9.17, 15) is 4.79 Å². The number of benzene rings is 2. The number of hydrogen-bond acceptors (Lipinski definition) is 2. The predicted octanol–water partition coefficient (Wildman–Crippen LogP) is 2.27. The van der Waals surface area contributed by atoms with Gasteiger partial charge in [-0.05, 0) is 23.8 Å². The van der Waals surface area contributed by atoms with Crippen molar-refractivity contribution in [2.75, 3.05) is 19.6 Å². The highest BCUT2D eigenvalue weighted by Gasteiger charge is 2.22. The van der Waals surface area contributed by atoms with E-state index in [0.717, 1.165) is 36.0 Å². The molecule has 98 valence electrons. The molecule has 3 nitrogen and oxygen atoms in total. The van der Waals surface area contributed by atoms with Crippen LogP contribution in [0.4, 0.5) is 0 Å². The number of nitrogens with one attached hydrogen (secondary N) is 1. The van der Waals surface area contributed by atoms with Crippen LogP contribution in [-0.4, -0.2) is 36.5 Å². The third-order valence-corrected chi connectivity index (χ3v) is 3.68. The summed E-state index contributed by atoms with van der Waals surface area (Å²) >= 11 is 0. The molecule has 1 unspecified atom stereocenters. The fourth-order valence-electron chi connectivity index (χ4n) is 2.70. The molecule has 0 bridgehead atoms. The minimum absolute atomic E-state index is 0.144. The molecule has 1 atom stereocenters. The Morgan fingerprint density at radius 3 is 2.84 bits per heavy atom. The quantitative estimate of drug-likeness (QED) is 0.846. The number of rotatable bonds is 1. The van der Waals surface area contributed by atoms with Crippen LogP contribution < -0.4 is 5.32 Å². The Balaban J connectivity index is 1.97. The SMILES string of the molecule is CC1CN(C(=O)c2cccc3ccccc23)CCN1. The maximum atomic E-state index is 12.7. The molecule has 3 heteroatoms. The maximum absolute atomic E-state index is 12.7. The molecule has 1 saturated heterocycles. The largest absolute Gasteiger partial charge is 0.336 e. The maximum Gasteiger partial charge on any atom is 0.254 e. The third kappa shape index (κ3) is 2.34. The Morgan fingerprint density at radius 1 is 1.21 bits per heavy atom. The van der Waals surface area contributed by atoms with E-state index in [4.69, 9.17) is 0 Å². The van der Waals surface area contributed by atoms with Gasteiger partial charge in [0.1, 0.15) is 0 Å². The highest BCUT2D eigenvalue weighted by Crippen LogP contribution is 2.20. The molecule has 0 radical (unpaired) electrons. The van der Waals surface area contributed by atoms with Crippen molar-refractivity contribution in [2.24, 2.45) is 0 Å². The summed E-state index contributed by atoms with van der Waals surface area (Å²) in [7, 11) is 0. The van der Waals surface area contributed by atoms with Crippen LogP contribution in [0.3, 0.4) is 0 Å². The molecular formula is C16H18N2O. The summed E-state index contributed by atoms with van der Waals surface area (Å²) in [6.07, 6.45) is 0. The van der Waals surface area contributed by atoms with Gasteiger partial charge in [-0.2, -0.15) is 0 Å². The van der Waals surface area contributed by atoms with Gasteiger partial charge >= 0.3 is 0 Å². The van der Waals surface area contributed by atoms with E-state index in [1.165, 1.54) is 0 Å². The Hall–Kier alpha value is -1.87. The molecule has 0 aromatic heterocycles. The fraction of sp³-hybridized carbons (Fsp3) is 0.312. The molecule has 19 heavy (non-hydrogen) atoms. The highest BCUT2D eigenvalue weighted by atomic mass is 16.2. The van der Waals surface area contributed by atoms with E-state index in [-0.39, 0.29) is 5.91 Å². The molecule has 1 heterocycles. The van der Waals surface area contributed by atoms with Crippen molar-refractivity contribution in [1.29, 1.82) is 0 Å². The molecule has 0 aliphatic carbocycles. The molecule has 2 aromatic rings. The Bertz CT molecular complexity index is 603. The van der Waals surface area contributed by atoms with Gasteiger partial charge in [-0.25, -0.2) is 0 Å². The van der Waals surface area contributed by atoms with Crippen molar-refractivity contribution in [3.8, 4) is 0 Å². The van der Waals surface area contributed by atoms with Crippen molar-refractivity contribution in [3.63, 3.8) is 0 Å². The van der Waals surface area contributed by atoms with E-state index >= 15 is 0 Å². The molecular weight excluding hydrogens is 236 g/mol. The van der Waals surface area contributed by atoms with Gasteiger partial charge in [-0.3, -0.25) is 4.79 Å². The van der Waals surface area contributed by atoms with Gasteiger partial charge in [-0.15, -0.1) is 0 Å². The molecule has 1 aliphatic rings. The van der Waals surface area contributed by atoms with Gasteiger partial charge in [0.05, 0.1) is 0 Å². The van der Waals surface area contributed by atoms with Crippen molar-refractivity contribution >= 4 is 16.7 Å². The Kier molecular flexibility index (Phi) is 3.22. The molecule has 1 N–H and O–H groups in total. The zero-order chi connectivity index (χ0) is 13.2. The van der Waals surface area contributed by atoms with E-state index < -0.39 is 0 Å². The molecule has 2 aromatic carbocycles. The van der Waals surface area contributed by atoms with Crippen LogP contribution in [-0.2, 0) is 0 Å². The van der Waals surface area contributed by atoms with Crippen LogP contribution >= 0.6 is 0 Å². The van der Waals surface area contributed by atoms with E-state index in [0.29, 0.717) is 6.04 Å². The Labute approximate surface area is 113 Å². The zero-order valence-electron chi connectivity index (χ0n) is 11.1. The number of piperazine rings is 1. The van der Waals surface area contributed by atoms with Crippen LogP contribution in [0.2, 0.25) is 0 Å². The van der Waals surface area contributed by atoms with Gasteiger partial charge in [0.2, 0.25) is 0 Å². The summed E-state index contributed by atoms with van der Waals surface area (Å²) in [6.45, 7) is 4.55. The van der Waals surface area contributed by atoms with E-state index in [1.807, 2.05) is 47.4 Å². The summed E-state index contributed by atoms with van der Waals surface area (Å²) in [6, 6.07) is 14.4. The van der Waals surface area contributed by atoms with Crippen molar-refractivity contribution in [1.82, 2.24) is 10.2 Å². The van der Waals surface area contributed by atoms with E-state index in [1.54, 1.807) is 0 Å². The molecule has 0 saturated carbocycles. The number of carbonyl (C=O) groups is 1. The zero-order valence-corrected chi connectivity index (χ0v) is 11.1. The minimum atomic E-state index is 0.144. The van der Waals surface area contributed by atoms with E-state index in [2.05, 4.69) is 12.2 Å². The normalized spacial score (nSPS) is 19.6. The molecule has 1 aliphatic heterocycles. The fourth-order valence-corrected chi connectivity index (χ4v) is 2.70. The molecule has 0 spiro atoms. The lowest BCUT2D eigenvalue weighted by molar-refractivity contribution is 0.0711. The van der Waals surface area contributed by atoms with Gasteiger partial charge in [0.25, 0.3) is 5.91 Å². The average molecular weight is 254 g/mol. The first kappa shape index (κ1) is 12.2. The van der Waals surface area contributed by atoms with Crippen LogP contribution in [0.5, 0.6) is 0 Å². The first-order chi connectivity index (χ1) is 9.25. The van der Waals surface area contributed by atoms with Gasteiger partial charge < -0.3 is 10.2 Å². The number of hydrogen-bond donors (Lipinski definition) is 1. The number of amides is 1. The molecule has 1 fully saturated rings. The predicted molar refractivity (Wildman–Crippen MR) is 77.3 cm³/mol. The van der Waals surface area contributed by atoms with Gasteiger partial charge in [0, 0.05) is 31.2 Å². The topological polar surface area (TPSA) is 32.3 Å². The smallest absolute Gasteiger partial charge is 0.254 e. The minimum Gasteiger partial charge on any atom is -0.336 e. The van der Waals surface area contributed by atoms with Crippen molar-refractivity contribution in [2.45, 2.75) is 13.0 Å². The lowest BCUT2D eigenvalue weighted by Crippen LogP contribution is -2.51. The summed E-state index contributed by atoms with van der Waals surface area (Å²) < 4.78 is 0. The first-order valence-corrected chi connectivity index (χ1v) is 6.76.